The lowest BCUT2D eigenvalue weighted by Crippen LogP contribution is -2.31. The van der Waals surface area contributed by atoms with Crippen LogP contribution >= 0.6 is 0 Å². The van der Waals surface area contributed by atoms with Gasteiger partial charge in [-0.25, -0.2) is 9.37 Å². The second-order valence-electron chi connectivity index (χ2n) is 9.15. The van der Waals surface area contributed by atoms with E-state index in [1.807, 2.05) is 54.0 Å². The van der Waals surface area contributed by atoms with Crippen LogP contribution in [0.15, 0.2) is 66.9 Å². The zero-order chi connectivity index (χ0) is 24.5. The average molecular weight is 472 g/mol. The lowest BCUT2D eigenvalue weighted by Gasteiger charge is -2.25. The summed E-state index contributed by atoms with van der Waals surface area (Å²) in [5.74, 6) is -1.24. The SMILES string of the molecule is Cc1ccc2c(CC(=O)O)cn(-c3ccc(F)cc3CN(Cc3ccccc3)C(=O)C3CC3)c2n1. The minimum Gasteiger partial charge on any atom is -0.481 e. The molecule has 0 radical (unpaired) electrons. The van der Waals surface area contributed by atoms with Crippen molar-refractivity contribution >= 4 is 22.9 Å². The van der Waals surface area contributed by atoms with Crippen LogP contribution in [-0.4, -0.2) is 31.4 Å². The second-order valence-corrected chi connectivity index (χ2v) is 9.15. The minimum absolute atomic E-state index is 0.0228. The fraction of sp³-hybridized carbons (Fsp3) is 0.250. The summed E-state index contributed by atoms with van der Waals surface area (Å²) in [6.07, 6.45) is 3.37. The highest BCUT2D eigenvalue weighted by atomic mass is 19.1. The van der Waals surface area contributed by atoms with Gasteiger partial charge >= 0.3 is 5.97 Å². The molecule has 1 aliphatic rings. The fourth-order valence-corrected chi connectivity index (χ4v) is 4.48. The van der Waals surface area contributed by atoms with Crippen molar-refractivity contribution in [3.8, 4) is 5.69 Å². The lowest BCUT2D eigenvalue weighted by atomic mass is 10.1. The van der Waals surface area contributed by atoms with Crippen LogP contribution in [0.2, 0.25) is 0 Å². The molecule has 1 amide bonds. The Balaban J connectivity index is 1.58. The van der Waals surface area contributed by atoms with Gasteiger partial charge in [0.25, 0.3) is 0 Å². The van der Waals surface area contributed by atoms with Crippen molar-refractivity contribution in [3.05, 3.63) is 95.1 Å². The van der Waals surface area contributed by atoms with E-state index in [4.69, 9.17) is 0 Å². The van der Waals surface area contributed by atoms with E-state index in [0.29, 0.717) is 29.0 Å². The molecule has 6 nitrogen and oxygen atoms in total. The summed E-state index contributed by atoms with van der Waals surface area (Å²) in [6, 6.07) is 18.0. The van der Waals surface area contributed by atoms with Crippen molar-refractivity contribution in [1.29, 1.82) is 0 Å². The predicted molar refractivity (Wildman–Crippen MR) is 131 cm³/mol. The predicted octanol–water partition coefficient (Wildman–Crippen LogP) is 5.04. The molecule has 5 rings (SSSR count). The number of fused-ring (bicyclic) bond motifs is 1. The Bertz CT molecular complexity index is 1410. The van der Waals surface area contributed by atoms with Gasteiger partial charge in [-0.05, 0) is 66.8 Å². The molecule has 1 N–H and O–H groups in total. The highest BCUT2D eigenvalue weighted by Gasteiger charge is 2.34. The molecule has 4 aromatic rings. The van der Waals surface area contributed by atoms with Crippen LogP contribution in [0.25, 0.3) is 16.7 Å². The first-order valence-corrected chi connectivity index (χ1v) is 11.7. The van der Waals surface area contributed by atoms with Crippen molar-refractivity contribution in [2.24, 2.45) is 5.92 Å². The third kappa shape index (κ3) is 4.94. The van der Waals surface area contributed by atoms with E-state index in [0.717, 1.165) is 29.5 Å². The molecule has 2 aromatic heterocycles. The van der Waals surface area contributed by atoms with Crippen LogP contribution < -0.4 is 0 Å². The van der Waals surface area contributed by atoms with Gasteiger partial charge in [-0.1, -0.05) is 30.3 Å². The first-order valence-electron chi connectivity index (χ1n) is 11.7. The number of halogens is 1. The van der Waals surface area contributed by atoms with Gasteiger partial charge in [0.15, 0.2) is 0 Å². The average Bonchev–Trinajstić information content (AvgIpc) is 3.62. The lowest BCUT2D eigenvalue weighted by molar-refractivity contribution is -0.136. The Labute approximate surface area is 202 Å². The molecule has 2 aromatic carbocycles. The number of carboxylic acid groups (broad SMARTS) is 1. The zero-order valence-electron chi connectivity index (χ0n) is 19.4. The Hall–Kier alpha value is -4.00. The summed E-state index contributed by atoms with van der Waals surface area (Å²) in [5, 5.41) is 10.1. The number of carbonyl (C=O) groups is 2. The van der Waals surface area contributed by atoms with Gasteiger partial charge in [0.05, 0.1) is 12.1 Å². The summed E-state index contributed by atoms with van der Waals surface area (Å²) in [7, 11) is 0. The maximum Gasteiger partial charge on any atom is 0.307 e. The monoisotopic (exact) mass is 471 g/mol. The molecule has 1 fully saturated rings. The molecule has 0 spiro atoms. The van der Waals surface area contributed by atoms with E-state index in [1.165, 1.54) is 12.1 Å². The summed E-state index contributed by atoms with van der Waals surface area (Å²) in [4.78, 5) is 31.1. The third-order valence-corrected chi connectivity index (χ3v) is 6.33. The zero-order valence-corrected chi connectivity index (χ0v) is 19.4. The van der Waals surface area contributed by atoms with E-state index in [1.54, 1.807) is 17.2 Å². The molecule has 7 heteroatoms. The Kier molecular flexibility index (Phi) is 6.07. The molecule has 35 heavy (non-hydrogen) atoms. The molecule has 2 heterocycles. The number of carbonyl (C=O) groups excluding carboxylic acids is 1. The highest BCUT2D eigenvalue weighted by Crippen LogP contribution is 2.33. The molecular weight excluding hydrogens is 445 g/mol. The molecule has 0 atom stereocenters. The number of rotatable bonds is 8. The number of aromatic nitrogens is 2. The van der Waals surface area contributed by atoms with Gasteiger partial charge < -0.3 is 14.6 Å². The van der Waals surface area contributed by atoms with Crippen LogP contribution in [0.3, 0.4) is 0 Å². The van der Waals surface area contributed by atoms with E-state index < -0.39 is 11.8 Å². The normalized spacial score (nSPS) is 13.2. The number of hydrogen-bond acceptors (Lipinski definition) is 3. The van der Waals surface area contributed by atoms with E-state index in [9.17, 15) is 19.1 Å². The van der Waals surface area contributed by atoms with Crippen molar-refractivity contribution in [2.45, 2.75) is 39.3 Å². The second kappa shape index (κ2) is 9.33. The van der Waals surface area contributed by atoms with Crippen molar-refractivity contribution < 1.29 is 19.1 Å². The number of aliphatic carboxylic acids is 1. The third-order valence-electron chi connectivity index (χ3n) is 6.33. The van der Waals surface area contributed by atoms with Crippen LogP contribution in [0.5, 0.6) is 0 Å². The van der Waals surface area contributed by atoms with E-state index in [-0.39, 0.29) is 24.8 Å². The van der Waals surface area contributed by atoms with E-state index >= 15 is 0 Å². The van der Waals surface area contributed by atoms with Crippen LogP contribution in [0.4, 0.5) is 4.39 Å². The van der Waals surface area contributed by atoms with Crippen LogP contribution in [0.1, 0.15) is 35.2 Å². The van der Waals surface area contributed by atoms with Gasteiger partial charge in [0, 0.05) is 36.3 Å². The molecule has 0 saturated heterocycles. The standard InChI is InChI=1S/C28H26FN3O3/c1-18-7-11-24-21(14-26(33)34)17-32(27(24)30-18)25-12-10-23(29)13-22(25)16-31(28(35)20-8-9-20)15-19-5-3-2-4-6-19/h2-7,10-13,17,20H,8-9,14-16H2,1H3,(H,33,34). The van der Waals surface area contributed by atoms with Gasteiger partial charge in [0.2, 0.25) is 5.91 Å². The topological polar surface area (TPSA) is 75.4 Å². The van der Waals surface area contributed by atoms with Gasteiger partial charge in [-0.15, -0.1) is 0 Å². The van der Waals surface area contributed by atoms with Crippen LogP contribution in [-0.2, 0) is 29.1 Å². The number of aryl methyl sites for hydroxylation is 1. The summed E-state index contributed by atoms with van der Waals surface area (Å²) >= 11 is 0. The fourth-order valence-electron chi connectivity index (χ4n) is 4.48. The Morgan fingerprint density at radius 2 is 1.83 bits per heavy atom. The van der Waals surface area contributed by atoms with E-state index in [2.05, 4.69) is 4.98 Å². The number of hydrogen-bond donors (Lipinski definition) is 1. The first kappa shape index (κ1) is 22.8. The molecule has 0 aliphatic heterocycles. The number of amides is 1. The number of nitrogens with zero attached hydrogens (tertiary/aromatic N) is 3. The first-order chi connectivity index (χ1) is 16.9. The van der Waals surface area contributed by atoms with Crippen molar-refractivity contribution in [3.63, 3.8) is 0 Å². The Morgan fingerprint density at radius 3 is 2.54 bits per heavy atom. The summed E-state index contributed by atoms with van der Waals surface area (Å²) in [5.41, 5.74) is 4.34. The highest BCUT2D eigenvalue weighted by molar-refractivity contribution is 5.87. The Morgan fingerprint density at radius 1 is 1.06 bits per heavy atom. The van der Waals surface area contributed by atoms with Gasteiger partial charge in [-0.2, -0.15) is 0 Å². The number of pyridine rings is 1. The molecule has 1 aliphatic carbocycles. The molecule has 0 bridgehead atoms. The smallest absolute Gasteiger partial charge is 0.307 e. The largest absolute Gasteiger partial charge is 0.481 e. The summed E-state index contributed by atoms with van der Waals surface area (Å²) < 4.78 is 16.3. The van der Waals surface area contributed by atoms with Gasteiger partial charge in [0.1, 0.15) is 11.5 Å². The van der Waals surface area contributed by atoms with Gasteiger partial charge in [-0.3, -0.25) is 9.59 Å². The van der Waals surface area contributed by atoms with Crippen LogP contribution in [0, 0.1) is 18.7 Å². The minimum atomic E-state index is -0.937. The number of benzene rings is 2. The summed E-state index contributed by atoms with van der Waals surface area (Å²) in [6.45, 7) is 2.53. The van der Waals surface area contributed by atoms with Crippen molar-refractivity contribution in [1.82, 2.24) is 14.5 Å². The maximum atomic E-state index is 14.5. The molecule has 1 saturated carbocycles. The molecule has 0 unspecified atom stereocenters. The van der Waals surface area contributed by atoms with Crippen molar-refractivity contribution in [2.75, 3.05) is 0 Å². The maximum absolute atomic E-state index is 14.5. The quantitative estimate of drug-likeness (QED) is 0.391. The molecule has 178 valence electrons. The molecular formula is C28H26FN3O3. The number of carboxylic acids is 1.